The molecule has 0 saturated carbocycles. The van der Waals surface area contributed by atoms with Crippen LogP contribution in [0.15, 0.2) is 83.8 Å². The number of H-pyrrole nitrogens is 1. The molecule has 10 aliphatic heterocycles. The molecule has 0 aromatic carbocycles. The zero-order valence-corrected chi connectivity index (χ0v) is 76.7. The number of aliphatic hydroxyl groups is 3. The number of Topliss-reactive ketones (excluding diaryl/α,β-unsaturated/α-hetero) is 1. The Morgan fingerprint density at radius 1 is 0.438 bits per heavy atom. The first-order chi connectivity index (χ1) is 64.4. The van der Waals surface area contributed by atoms with E-state index < -0.39 is 275 Å². The van der Waals surface area contributed by atoms with Crippen molar-refractivity contribution in [2.45, 2.75) is 161 Å². The Balaban J connectivity index is 0.000000136. The van der Waals surface area contributed by atoms with Crippen LogP contribution in [-0.4, -0.2) is 293 Å². The van der Waals surface area contributed by atoms with Crippen LogP contribution in [0.4, 0.5) is 49.6 Å². The summed E-state index contributed by atoms with van der Waals surface area (Å²) in [6, 6.07) is 0. The van der Waals surface area contributed by atoms with Gasteiger partial charge in [-0.2, -0.15) is 0 Å². The number of nitrogen functional groups attached to an aromatic ring is 3. The molecule has 30 atom stereocenters. The number of imidazole rings is 3. The Hall–Kier alpha value is -7.96. The molecule has 6 bridgehead atoms. The highest BCUT2D eigenvalue weighted by Crippen LogP contribution is 2.61. The maximum absolute atomic E-state index is 16.0. The third-order valence-corrected chi connectivity index (χ3v) is 30.9. The number of nitrogens with one attached hydrogen (secondary N) is 1. The van der Waals surface area contributed by atoms with Crippen LogP contribution in [0.2, 0.25) is 0 Å². The summed E-state index contributed by atoms with van der Waals surface area (Å²) < 4.78 is 239. The molecular weight excluding hydrogens is 2050 g/mol. The van der Waals surface area contributed by atoms with Gasteiger partial charge < -0.3 is 122 Å². The average Bonchev–Trinajstić information content (AvgIpc) is 2.02. The molecule has 6 unspecified atom stereocenters. The molecule has 11 aromatic rings. The topological polar surface area (TPSA) is 713 Å². The highest BCUT2D eigenvalue weighted by Gasteiger charge is 2.59. The first-order valence-electron chi connectivity index (χ1n) is 39.5. The van der Waals surface area contributed by atoms with E-state index in [0.717, 1.165) is 68.5 Å². The second-order valence-electron chi connectivity index (χ2n) is 31.0. The van der Waals surface area contributed by atoms with E-state index in [1.807, 2.05) is 0 Å². The van der Waals surface area contributed by atoms with Gasteiger partial charge in [0.2, 0.25) is 0 Å². The number of rotatable bonds is 6. The van der Waals surface area contributed by atoms with Gasteiger partial charge in [0.05, 0.1) is 76.8 Å². The molecular formula is C66H73F6N23O32P6S4. The lowest BCUT2D eigenvalue weighted by Gasteiger charge is -2.28. The quantitative estimate of drug-likeness (QED) is 0.0645. The number of aromatic amines is 1. The average molecular weight is 2130 g/mol. The third kappa shape index (κ3) is 18.9. The van der Waals surface area contributed by atoms with Crippen LogP contribution in [-0.2, 0) is 139 Å². The number of aliphatic hydroxyl groups excluding tert-OH is 3. The summed E-state index contributed by atoms with van der Waals surface area (Å²) >= 11 is 19.4. The number of nitrogens with zero attached hydrogens (tertiary/aromatic N) is 19. The molecule has 9 fully saturated rings. The number of aryl methyl sites for hydroxylation is 1. The minimum Gasteiger partial charge on any atom is -0.387 e. The van der Waals surface area contributed by atoms with Gasteiger partial charge in [0.15, 0.2) is 125 Å². The van der Waals surface area contributed by atoms with Crippen molar-refractivity contribution < 1.29 is 167 Å². The van der Waals surface area contributed by atoms with Gasteiger partial charge in [0, 0.05) is 38.3 Å². The van der Waals surface area contributed by atoms with Crippen LogP contribution < -0.4 is 28.3 Å². The molecule has 21 rings (SSSR count). The minimum absolute atomic E-state index is 0. The Labute approximate surface area is 779 Å². The fraction of sp³-hybridized carbons (Fsp3) is 0.500. The van der Waals surface area contributed by atoms with Crippen LogP contribution >= 0.6 is 54.8 Å². The van der Waals surface area contributed by atoms with Crippen LogP contribution in [0.3, 0.4) is 0 Å². The van der Waals surface area contributed by atoms with Gasteiger partial charge in [0.1, 0.15) is 144 Å². The lowest BCUT2D eigenvalue weighted by Crippen LogP contribution is -2.35. The number of fused-ring (bicyclic) bond motifs is 15. The SMILES string of the molecule is C.Cn1cnc2c(c(F)cn2[C@@H]2O[C@@H]3COP(O)(=S)O[C@H]4[C@@H](F)[C@H](n5cnc6c(N)ncnc65)O[C@@H]4COP(=O)(O)O[C@@H]2[C@@H]3O)c1=O.Nc1ncnc2c1ncn2[C@@H]1O[C@@H]2COP(=O)(O)O[C@@H]3[C@H](O)[C@@H](COP(=O)(S)O[C@H]2[C@H]1F)O[C@H]3n1cc(F)c2c1N=CCC2=O.Nc1ncnc2c1ncn2[C@@H]1O[C@@H]2COP(O)(=S)O[C@@H]3[C@H](O)[C@@H](COP(O)(=S)O[C@H]2[C@H]1F)O[C@H]3n1cc(F)c2c(=O)[nH]cnc21. The summed E-state index contributed by atoms with van der Waals surface area (Å²) in [5.74, 6) is -3.58. The molecule has 9 saturated heterocycles. The minimum atomic E-state index is -5.16. The van der Waals surface area contributed by atoms with Gasteiger partial charge in [-0.05, 0) is 35.4 Å². The Morgan fingerprint density at radius 2 is 0.803 bits per heavy atom. The third-order valence-electron chi connectivity index (χ3n) is 22.6. The second-order valence-corrected chi connectivity index (χ2v) is 45.1. The normalized spacial score (nSPS) is 37.6. The number of nitrogens with two attached hydrogens (primary N) is 3. The number of phosphoric acid groups is 2. The zero-order valence-electron chi connectivity index (χ0n) is 68.0. The largest absolute Gasteiger partial charge is 0.472 e. The summed E-state index contributed by atoms with van der Waals surface area (Å²) in [5.41, 5.74) is 16.0. The van der Waals surface area contributed by atoms with Crippen LogP contribution in [0.25, 0.3) is 55.6 Å². The van der Waals surface area contributed by atoms with Crippen molar-refractivity contribution in [1.82, 2.24) is 91.8 Å². The van der Waals surface area contributed by atoms with Crippen molar-refractivity contribution in [1.29, 1.82) is 0 Å². The van der Waals surface area contributed by atoms with Gasteiger partial charge in [-0.1, -0.05) is 19.7 Å². The smallest absolute Gasteiger partial charge is 0.387 e. The number of phosphoric ester groups is 2. The highest BCUT2D eigenvalue weighted by molar-refractivity contribution is 8.44. The van der Waals surface area contributed by atoms with Gasteiger partial charge in [-0.3, -0.25) is 68.8 Å². The van der Waals surface area contributed by atoms with E-state index >= 15 is 13.2 Å². The maximum atomic E-state index is 16.0. The summed E-state index contributed by atoms with van der Waals surface area (Å²) in [7, 11) is -8.95. The highest BCUT2D eigenvalue weighted by atomic mass is 32.7. The van der Waals surface area contributed by atoms with Crippen LogP contribution in [0.5, 0.6) is 0 Å². The number of hydrogen-bond donors (Lipinski definition) is 13. The molecule has 15 N–H and O–H groups in total. The number of alkyl halides is 3. The molecule has 55 nitrogen and oxygen atoms in total. The van der Waals surface area contributed by atoms with Crippen molar-refractivity contribution in [2.75, 3.05) is 56.8 Å². The van der Waals surface area contributed by atoms with E-state index in [9.17, 15) is 81.0 Å². The summed E-state index contributed by atoms with van der Waals surface area (Å²) in [4.78, 5) is 142. The number of ether oxygens (including phenoxy) is 6. The summed E-state index contributed by atoms with van der Waals surface area (Å²) in [6.45, 7) is -21.8. The molecule has 0 aliphatic carbocycles. The number of carbonyl (C=O) groups is 1. The number of hydrogen-bond acceptors (Lipinski definition) is 45. The van der Waals surface area contributed by atoms with E-state index in [1.165, 1.54) is 45.9 Å². The molecule has 0 radical (unpaired) electrons. The van der Waals surface area contributed by atoms with E-state index in [-0.39, 0.29) is 87.5 Å². The molecule has 10 aliphatic rings. The van der Waals surface area contributed by atoms with Gasteiger partial charge in [-0.25, -0.2) is 99.9 Å². The summed E-state index contributed by atoms with van der Waals surface area (Å²) in [5, 5.41) is 32.4. The van der Waals surface area contributed by atoms with Crippen molar-refractivity contribution in [2.24, 2.45) is 12.0 Å². The van der Waals surface area contributed by atoms with Gasteiger partial charge in [-0.15, -0.1) is 0 Å². The Kier molecular flexibility index (Phi) is 27.3. The van der Waals surface area contributed by atoms with E-state index in [2.05, 4.69) is 77.0 Å². The predicted octanol–water partition coefficient (Wildman–Crippen LogP) is 2.38. The molecule has 71 heteroatoms. The van der Waals surface area contributed by atoms with Gasteiger partial charge in [0.25, 0.3) is 11.1 Å². The zero-order chi connectivity index (χ0) is 96.4. The monoisotopic (exact) mass is 2130 g/mol. The Bertz CT molecular complexity index is 7040. The Morgan fingerprint density at radius 3 is 1.25 bits per heavy atom. The molecule has 137 heavy (non-hydrogen) atoms. The standard InChI is InChI=1S/C22H24F2N8O11P2S.C22H23F2N7O11P2S.C21H22F2N8O10P2S2.CH4/c1-30-6-29-18-11(20(30)34)8(23)2-31(18)22-16-14(33)9(40-22)3-39-45(37,46)43-15-10(4-38-44(35,36)42-16)41-21(12(15)24)32-7-28-13-17(25)26-5-27-19(13)32;23-8-3-30(19-12(8)9(32)1-2-26-19)22-17-15(33)10(39-22)4-38-44(36,45)42-16-11(5-37-43(34,35)41-17)40-21(13(16)24)31-7-29-14-18(25)27-6-28-20(14)31;22-7-1-30(17-10(7)19(33)28-5-26-17)21-15-13(32)8(38-21)2-36-42(34,44)40-14-9(3-37-43(35,45)41-15)39-20(11(14)23)31-6-29-12-16(24)25-4-27-18(12)31;/h2,5-7,9-10,12,14-16,21-22,33H,3-4H2,1H3,(H,35,36)(H,37,46)(H2,25,26,27);2-3,6-7,10-11,13,15-17,21-22,33H,1,4-5H2,(H,34,35)(H,36,45)(H2,25,27,28);1,4-6,8-9,11,13-15,20-21,32H,2-3H2,(H,34,44)(H,35,45)(H2,24,25,27)(H,26,28,33);1H4/t9-,10-,12-,14-,15-,16-,21-,22-,45?;10-,11-,13-,15-,16-,17-,21-,22-,44?;8-,9-,11-,13-,14-,15-,20-,21-,42?,43?;/m111./s1. The van der Waals surface area contributed by atoms with E-state index in [4.69, 9.17) is 135 Å². The lowest BCUT2D eigenvalue weighted by atomic mass is 10.1. The van der Waals surface area contributed by atoms with Crippen molar-refractivity contribution >= 4 is 181 Å². The first-order valence-corrected chi connectivity index (χ1v) is 52.9. The van der Waals surface area contributed by atoms with Crippen molar-refractivity contribution in [3.63, 3.8) is 0 Å². The molecule has 11 aromatic heterocycles. The van der Waals surface area contributed by atoms with E-state index in [0.29, 0.717) is 0 Å². The lowest BCUT2D eigenvalue weighted by molar-refractivity contribution is -0.0642. The number of carbonyl (C=O) groups excluding carboxylic acids is 1. The van der Waals surface area contributed by atoms with Crippen LogP contribution in [0, 0.1) is 17.5 Å². The second kappa shape index (κ2) is 37.7. The molecule has 21 heterocycles. The van der Waals surface area contributed by atoms with Crippen molar-refractivity contribution in [3.05, 3.63) is 113 Å². The number of aromatic nitrogens is 19. The van der Waals surface area contributed by atoms with Crippen molar-refractivity contribution in [3.8, 4) is 0 Å². The fourth-order valence-electron chi connectivity index (χ4n) is 16.4. The first kappa shape index (κ1) is 99.2. The van der Waals surface area contributed by atoms with E-state index in [1.54, 1.807) is 0 Å². The maximum Gasteiger partial charge on any atom is 0.472 e. The number of anilines is 3. The predicted molar refractivity (Wildman–Crippen MR) is 460 cm³/mol. The van der Waals surface area contributed by atoms with Gasteiger partial charge >= 0.3 is 42.6 Å². The number of ketones is 1. The fourth-order valence-corrected chi connectivity index (χ4v) is 24.0. The number of thiol groups is 1. The number of aliphatic imine (C=N–C) groups is 1. The number of halogens is 6. The molecule has 0 amide bonds. The summed E-state index contributed by atoms with van der Waals surface area (Å²) in [6.07, 6.45) is -26.3. The van der Waals surface area contributed by atoms with Crippen LogP contribution in [0.1, 0.15) is 61.6 Å². The molecule has 740 valence electrons. The molecule has 0 spiro atoms.